The van der Waals surface area contributed by atoms with E-state index in [4.69, 9.17) is 4.74 Å². The molecule has 0 amide bonds. The van der Waals surface area contributed by atoms with E-state index in [1.807, 2.05) is 38.4 Å². The number of carbonyl (C=O) groups excluding carboxylic acids is 1. The normalized spacial score (nSPS) is 10.9. The zero-order chi connectivity index (χ0) is 13.4. The molecule has 1 aromatic rings. The van der Waals surface area contributed by atoms with Crippen LogP contribution in [-0.4, -0.2) is 45.2 Å². The Hall–Kier alpha value is -1.81. The van der Waals surface area contributed by atoms with Gasteiger partial charge in [-0.2, -0.15) is 0 Å². The van der Waals surface area contributed by atoms with E-state index in [-0.39, 0.29) is 5.97 Å². The fourth-order valence-electron chi connectivity index (χ4n) is 1.25. The first kappa shape index (κ1) is 14.3. The van der Waals surface area contributed by atoms with Crippen molar-refractivity contribution in [2.24, 2.45) is 0 Å². The van der Waals surface area contributed by atoms with E-state index in [0.29, 0.717) is 6.61 Å². The summed E-state index contributed by atoms with van der Waals surface area (Å²) in [4.78, 5) is 13.0. The molecule has 18 heavy (non-hydrogen) atoms. The molecule has 4 nitrogen and oxygen atoms in total. The van der Waals surface area contributed by atoms with Crippen molar-refractivity contribution in [1.82, 2.24) is 4.90 Å². The van der Waals surface area contributed by atoms with E-state index in [9.17, 15) is 4.79 Å². The number of nitrogens with zero attached hydrogens (tertiary/aromatic N) is 1. The summed E-state index contributed by atoms with van der Waals surface area (Å²) in [5.41, 5.74) is 0.931. The summed E-state index contributed by atoms with van der Waals surface area (Å²) in [6.07, 6.45) is 3.09. The third-order valence-corrected chi connectivity index (χ3v) is 2.30. The van der Waals surface area contributed by atoms with Crippen LogP contribution in [-0.2, 0) is 9.53 Å². The molecular formula is C14H19NO3. The number of carbonyl (C=O) groups is 1. The van der Waals surface area contributed by atoms with Crippen LogP contribution in [0.2, 0.25) is 0 Å². The van der Waals surface area contributed by atoms with Gasteiger partial charge in [0.15, 0.2) is 0 Å². The van der Waals surface area contributed by atoms with Crippen molar-refractivity contribution in [3.8, 4) is 5.75 Å². The molecule has 0 aliphatic carbocycles. The first-order valence-corrected chi connectivity index (χ1v) is 5.75. The minimum absolute atomic E-state index is 0.360. The zero-order valence-corrected chi connectivity index (χ0v) is 11.1. The molecule has 0 unspecified atom stereocenters. The molecule has 0 aliphatic rings. The summed E-state index contributed by atoms with van der Waals surface area (Å²) in [6.45, 7) is 1.54. The third kappa shape index (κ3) is 5.50. The number of benzene rings is 1. The molecule has 0 aliphatic heterocycles. The van der Waals surface area contributed by atoms with Crippen LogP contribution in [0, 0.1) is 0 Å². The van der Waals surface area contributed by atoms with Gasteiger partial charge in [-0.05, 0) is 37.9 Å². The van der Waals surface area contributed by atoms with E-state index < -0.39 is 0 Å². The second-order valence-electron chi connectivity index (χ2n) is 4.08. The van der Waals surface area contributed by atoms with Crippen molar-refractivity contribution in [2.75, 3.05) is 34.4 Å². The molecule has 0 radical (unpaired) electrons. The Balaban J connectivity index is 2.47. The lowest BCUT2D eigenvalue weighted by Gasteiger charge is -2.10. The number of rotatable bonds is 6. The number of methoxy groups -OCH3 is 1. The SMILES string of the molecule is COC(=O)C=Cc1ccc(OCCN(C)C)cc1. The second kappa shape index (κ2) is 7.50. The molecule has 0 heterocycles. The Morgan fingerprint density at radius 2 is 1.94 bits per heavy atom. The molecule has 0 fully saturated rings. The monoisotopic (exact) mass is 249 g/mol. The highest BCUT2D eigenvalue weighted by Crippen LogP contribution is 2.13. The molecule has 0 spiro atoms. The molecule has 0 aromatic heterocycles. The molecule has 98 valence electrons. The van der Waals surface area contributed by atoms with E-state index in [2.05, 4.69) is 9.64 Å². The van der Waals surface area contributed by atoms with Crippen LogP contribution in [0.25, 0.3) is 6.08 Å². The van der Waals surface area contributed by atoms with Gasteiger partial charge in [0.25, 0.3) is 0 Å². The van der Waals surface area contributed by atoms with Crippen LogP contribution in [0.1, 0.15) is 5.56 Å². The maximum absolute atomic E-state index is 10.9. The van der Waals surface area contributed by atoms with Crippen molar-refractivity contribution >= 4 is 12.0 Å². The van der Waals surface area contributed by atoms with E-state index >= 15 is 0 Å². The van der Waals surface area contributed by atoms with Gasteiger partial charge >= 0.3 is 5.97 Å². The first-order valence-electron chi connectivity index (χ1n) is 5.75. The lowest BCUT2D eigenvalue weighted by molar-refractivity contribution is -0.134. The maximum Gasteiger partial charge on any atom is 0.330 e. The highest BCUT2D eigenvalue weighted by Gasteiger charge is 1.96. The van der Waals surface area contributed by atoms with Crippen molar-refractivity contribution in [3.05, 3.63) is 35.9 Å². The summed E-state index contributed by atoms with van der Waals surface area (Å²) in [5.74, 6) is 0.466. The second-order valence-corrected chi connectivity index (χ2v) is 4.08. The lowest BCUT2D eigenvalue weighted by atomic mass is 10.2. The predicted molar refractivity (Wildman–Crippen MR) is 71.5 cm³/mol. The average molecular weight is 249 g/mol. The van der Waals surface area contributed by atoms with Gasteiger partial charge in [-0.25, -0.2) is 4.79 Å². The topological polar surface area (TPSA) is 38.8 Å². The van der Waals surface area contributed by atoms with Gasteiger partial charge in [-0.3, -0.25) is 0 Å². The van der Waals surface area contributed by atoms with Gasteiger partial charge in [-0.15, -0.1) is 0 Å². The maximum atomic E-state index is 10.9. The fraction of sp³-hybridized carbons (Fsp3) is 0.357. The highest BCUT2D eigenvalue weighted by atomic mass is 16.5. The van der Waals surface area contributed by atoms with Crippen LogP contribution in [0.5, 0.6) is 5.75 Å². The Bertz CT molecular complexity index is 396. The van der Waals surface area contributed by atoms with E-state index in [1.54, 1.807) is 6.08 Å². The van der Waals surface area contributed by atoms with Crippen LogP contribution < -0.4 is 4.74 Å². The van der Waals surface area contributed by atoms with Crippen LogP contribution in [0.4, 0.5) is 0 Å². The quantitative estimate of drug-likeness (QED) is 0.569. The number of esters is 1. The molecule has 0 N–H and O–H groups in total. The average Bonchev–Trinajstić information content (AvgIpc) is 2.37. The molecule has 0 atom stereocenters. The van der Waals surface area contributed by atoms with Crippen LogP contribution in [0.15, 0.2) is 30.3 Å². The summed E-state index contributed by atoms with van der Waals surface area (Å²) >= 11 is 0. The number of hydrogen-bond donors (Lipinski definition) is 0. The first-order chi connectivity index (χ1) is 8.61. The molecule has 0 bridgehead atoms. The minimum Gasteiger partial charge on any atom is -0.492 e. The fourth-order valence-corrected chi connectivity index (χ4v) is 1.25. The molecule has 0 saturated carbocycles. The van der Waals surface area contributed by atoms with Crippen molar-refractivity contribution in [3.63, 3.8) is 0 Å². The van der Waals surface area contributed by atoms with Crippen LogP contribution in [0.3, 0.4) is 0 Å². The molecule has 4 heteroatoms. The third-order valence-electron chi connectivity index (χ3n) is 2.30. The summed E-state index contributed by atoms with van der Waals surface area (Å²) in [6, 6.07) is 7.55. The Morgan fingerprint density at radius 3 is 2.50 bits per heavy atom. The number of hydrogen-bond acceptors (Lipinski definition) is 4. The Labute approximate surface area is 108 Å². The molecular weight excluding hydrogens is 230 g/mol. The number of ether oxygens (including phenoxy) is 2. The lowest BCUT2D eigenvalue weighted by Crippen LogP contribution is -2.19. The van der Waals surface area contributed by atoms with Crippen molar-refractivity contribution in [2.45, 2.75) is 0 Å². The summed E-state index contributed by atoms with van der Waals surface area (Å²) in [5, 5.41) is 0. The minimum atomic E-state index is -0.360. The largest absolute Gasteiger partial charge is 0.492 e. The van der Waals surface area contributed by atoms with Crippen molar-refractivity contribution < 1.29 is 14.3 Å². The predicted octanol–water partition coefficient (Wildman–Crippen LogP) is 1.81. The van der Waals surface area contributed by atoms with Gasteiger partial charge in [0.05, 0.1) is 7.11 Å². The summed E-state index contributed by atoms with van der Waals surface area (Å²) < 4.78 is 10.1. The van der Waals surface area contributed by atoms with E-state index in [1.165, 1.54) is 13.2 Å². The van der Waals surface area contributed by atoms with Gasteiger partial charge in [0, 0.05) is 12.6 Å². The highest BCUT2D eigenvalue weighted by molar-refractivity contribution is 5.86. The molecule has 0 saturated heterocycles. The number of likely N-dealkylation sites (N-methyl/N-ethyl adjacent to an activating group) is 1. The Morgan fingerprint density at radius 1 is 1.28 bits per heavy atom. The van der Waals surface area contributed by atoms with Crippen molar-refractivity contribution in [1.29, 1.82) is 0 Å². The zero-order valence-electron chi connectivity index (χ0n) is 11.1. The van der Waals surface area contributed by atoms with Gasteiger partial charge in [0.2, 0.25) is 0 Å². The molecule has 1 rings (SSSR count). The van der Waals surface area contributed by atoms with Crippen LogP contribution >= 0.6 is 0 Å². The molecule has 1 aromatic carbocycles. The smallest absolute Gasteiger partial charge is 0.330 e. The summed E-state index contributed by atoms with van der Waals surface area (Å²) in [7, 11) is 5.36. The Kier molecular flexibility index (Phi) is 5.94. The standard InChI is InChI=1S/C14H19NO3/c1-15(2)10-11-18-13-7-4-12(5-8-13)6-9-14(16)17-3/h4-9H,10-11H2,1-3H3. The van der Waals surface area contributed by atoms with E-state index in [0.717, 1.165) is 17.9 Å². The van der Waals surface area contributed by atoms with Gasteiger partial charge < -0.3 is 14.4 Å². The van der Waals surface area contributed by atoms with Gasteiger partial charge in [-0.1, -0.05) is 12.1 Å². The van der Waals surface area contributed by atoms with Gasteiger partial charge in [0.1, 0.15) is 12.4 Å².